The average Bonchev–Trinajstić information content (AvgIpc) is 2.36. The standard InChI is InChI=1S/C16H22O3S/c1-15(2)8-16(10-20-9-15)7-13(17)12-5-4-11(18-3)6-14(12)19-16/h4-6,13,17H,7-10H2,1-3H3/t13-,16?/m0/s1. The summed E-state index contributed by atoms with van der Waals surface area (Å²) in [4.78, 5) is 0. The minimum Gasteiger partial charge on any atom is -0.497 e. The van der Waals surface area contributed by atoms with Gasteiger partial charge in [0.1, 0.15) is 17.1 Å². The summed E-state index contributed by atoms with van der Waals surface area (Å²) in [5.41, 5.74) is 0.884. The van der Waals surface area contributed by atoms with Gasteiger partial charge in [-0.3, -0.25) is 0 Å². The summed E-state index contributed by atoms with van der Waals surface area (Å²) >= 11 is 1.93. The Balaban J connectivity index is 1.94. The van der Waals surface area contributed by atoms with Gasteiger partial charge in [0.2, 0.25) is 0 Å². The molecule has 0 amide bonds. The fourth-order valence-electron chi connectivity index (χ4n) is 3.43. The van der Waals surface area contributed by atoms with E-state index in [4.69, 9.17) is 9.47 Å². The topological polar surface area (TPSA) is 38.7 Å². The van der Waals surface area contributed by atoms with Gasteiger partial charge in [-0.1, -0.05) is 13.8 Å². The minimum absolute atomic E-state index is 0.245. The van der Waals surface area contributed by atoms with Crippen LogP contribution in [-0.4, -0.2) is 29.3 Å². The number of hydrogen-bond donors (Lipinski definition) is 1. The van der Waals surface area contributed by atoms with Crippen LogP contribution in [0.2, 0.25) is 0 Å². The monoisotopic (exact) mass is 294 g/mol. The van der Waals surface area contributed by atoms with Crippen LogP contribution in [0.3, 0.4) is 0 Å². The summed E-state index contributed by atoms with van der Waals surface area (Å²) in [7, 11) is 1.65. The van der Waals surface area contributed by atoms with Gasteiger partial charge in [0.05, 0.1) is 13.2 Å². The number of methoxy groups -OCH3 is 1. The van der Waals surface area contributed by atoms with Crippen LogP contribution in [-0.2, 0) is 0 Å². The Bertz CT molecular complexity index is 514. The molecule has 0 aromatic heterocycles. The number of fused-ring (bicyclic) bond motifs is 1. The molecule has 2 atom stereocenters. The molecule has 3 rings (SSSR count). The molecule has 0 radical (unpaired) electrons. The number of thioether (sulfide) groups is 1. The van der Waals surface area contributed by atoms with Crippen LogP contribution >= 0.6 is 11.8 Å². The Labute approximate surface area is 124 Å². The molecule has 4 heteroatoms. The summed E-state index contributed by atoms with van der Waals surface area (Å²) < 4.78 is 11.6. The molecule has 1 spiro atoms. The van der Waals surface area contributed by atoms with Crippen molar-refractivity contribution < 1.29 is 14.6 Å². The van der Waals surface area contributed by atoms with Crippen molar-refractivity contribution in [1.82, 2.24) is 0 Å². The number of rotatable bonds is 1. The molecule has 3 nitrogen and oxygen atoms in total. The van der Waals surface area contributed by atoms with Crippen LogP contribution in [0.4, 0.5) is 0 Å². The lowest BCUT2D eigenvalue weighted by molar-refractivity contribution is -0.0256. The zero-order chi connectivity index (χ0) is 14.4. The first-order valence-corrected chi connectivity index (χ1v) is 8.21. The first-order chi connectivity index (χ1) is 9.43. The molecule has 2 aliphatic heterocycles. The third-order valence-electron chi connectivity index (χ3n) is 4.13. The predicted molar refractivity (Wildman–Crippen MR) is 81.7 cm³/mol. The second-order valence-corrected chi connectivity index (χ2v) is 7.73. The SMILES string of the molecule is COc1ccc2c(c1)OC1(CSCC(C)(C)C1)C[C@@H]2O. The van der Waals surface area contributed by atoms with E-state index in [9.17, 15) is 5.11 Å². The van der Waals surface area contributed by atoms with Crippen molar-refractivity contribution in [3.05, 3.63) is 23.8 Å². The van der Waals surface area contributed by atoms with Gasteiger partial charge in [-0.15, -0.1) is 0 Å². The number of ether oxygens (including phenoxy) is 2. The number of benzene rings is 1. The third-order valence-corrected chi connectivity index (χ3v) is 5.85. The van der Waals surface area contributed by atoms with Crippen molar-refractivity contribution in [2.24, 2.45) is 5.41 Å². The van der Waals surface area contributed by atoms with Gasteiger partial charge in [-0.25, -0.2) is 0 Å². The summed E-state index contributed by atoms with van der Waals surface area (Å²) in [6.45, 7) is 4.55. The molecule has 2 heterocycles. The Morgan fingerprint density at radius 2 is 2.15 bits per heavy atom. The van der Waals surface area contributed by atoms with E-state index in [1.54, 1.807) is 7.11 Å². The van der Waals surface area contributed by atoms with Gasteiger partial charge in [-0.05, 0) is 29.7 Å². The van der Waals surface area contributed by atoms with E-state index in [1.165, 1.54) is 0 Å². The van der Waals surface area contributed by atoms with E-state index in [0.717, 1.165) is 35.0 Å². The molecule has 1 saturated heterocycles. The lowest BCUT2D eigenvalue weighted by Crippen LogP contribution is -2.50. The zero-order valence-electron chi connectivity index (χ0n) is 12.3. The molecule has 110 valence electrons. The molecule has 1 unspecified atom stereocenters. The lowest BCUT2D eigenvalue weighted by atomic mass is 9.77. The number of aliphatic hydroxyl groups excluding tert-OH is 1. The molecule has 2 aliphatic rings. The Kier molecular flexibility index (Phi) is 3.41. The maximum Gasteiger partial charge on any atom is 0.129 e. The second kappa shape index (κ2) is 4.85. The molecular formula is C16H22O3S. The van der Waals surface area contributed by atoms with Crippen molar-refractivity contribution in [2.45, 2.75) is 38.4 Å². The van der Waals surface area contributed by atoms with E-state index in [1.807, 2.05) is 30.0 Å². The highest BCUT2D eigenvalue weighted by molar-refractivity contribution is 7.99. The Morgan fingerprint density at radius 1 is 1.35 bits per heavy atom. The molecule has 0 aliphatic carbocycles. The molecular weight excluding hydrogens is 272 g/mol. The normalized spacial score (nSPS) is 31.5. The number of hydrogen-bond acceptors (Lipinski definition) is 4. The predicted octanol–water partition coefficient (Wildman–Crippen LogP) is 3.41. The van der Waals surface area contributed by atoms with Crippen LogP contribution in [0.5, 0.6) is 11.5 Å². The van der Waals surface area contributed by atoms with Crippen molar-refractivity contribution in [2.75, 3.05) is 18.6 Å². The van der Waals surface area contributed by atoms with Crippen LogP contribution in [0.15, 0.2) is 18.2 Å². The highest BCUT2D eigenvalue weighted by Crippen LogP contribution is 2.50. The van der Waals surface area contributed by atoms with Crippen LogP contribution in [0, 0.1) is 5.41 Å². The summed E-state index contributed by atoms with van der Waals surface area (Å²) in [5.74, 6) is 3.65. The van der Waals surface area contributed by atoms with Gasteiger partial charge in [0.15, 0.2) is 0 Å². The zero-order valence-corrected chi connectivity index (χ0v) is 13.1. The lowest BCUT2D eigenvalue weighted by Gasteiger charge is -2.48. The van der Waals surface area contributed by atoms with Crippen molar-refractivity contribution in [1.29, 1.82) is 0 Å². The molecule has 0 saturated carbocycles. The summed E-state index contributed by atoms with van der Waals surface area (Å²) in [6, 6.07) is 5.68. The fraction of sp³-hybridized carbons (Fsp3) is 0.625. The third kappa shape index (κ3) is 2.51. The first kappa shape index (κ1) is 14.1. The number of aliphatic hydroxyl groups is 1. The Morgan fingerprint density at radius 3 is 2.85 bits per heavy atom. The van der Waals surface area contributed by atoms with E-state index < -0.39 is 6.10 Å². The molecule has 1 N–H and O–H groups in total. The highest BCUT2D eigenvalue weighted by atomic mass is 32.2. The second-order valence-electron chi connectivity index (χ2n) is 6.74. The van der Waals surface area contributed by atoms with Crippen molar-refractivity contribution >= 4 is 11.8 Å². The molecule has 1 fully saturated rings. The van der Waals surface area contributed by atoms with Gasteiger partial charge < -0.3 is 14.6 Å². The van der Waals surface area contributed by atoms with Crippen LogP contribution in [0.1, 0.15) is 38.4 Å². The van der Waals surface area contributed by atoms with Crippen LogP contribution < -0.4 is 9.47 Å². The summed E-state index contributed by atoms with van der Waals surface area (Å²) in [6.07, 6.45) is 1.22. The van der Waals surface area contributed by atoms with E-state index in [0.29, 0.717) is 6.42 Å². The van der Waals surface area contributed by atoms with Gasteiger partial charge in [-0.2, -0.15) is 11.8 Å². The van der Waals surface area contributed by atoms with Gasteiger partial charge in [0, 0.05) is 23.8 Å². The first-order valence-electron chi connectivity index (χ1n) is 7.06. The average molecular weight is 294 g/mol. The smallest absolute Gasteiger partial charge is 0.129 e. The van der Waals surface area contributed by atoms with Gasteiger partial charge >= 0.3 is 0 Å². The van der Waals surface area contributed by atoms with E-state index in [2.05, 4.69) is 13.8 Å². The minimum atomic E-state index is -0.445. The highest BCUT2D eigenvalue weighted by Gasteiger charge is 2.46. The molecule has 1 aromatic rings. The molecule has 0 bridgehead atoms. The quantitative estimate of drug-likeness (QED) is 0.861. The van der Waals surface area contributed by atoms with Gasteiger partial charge in [0.25, 0.3) is 0 Å². The fourth-order valence-corrected chi connectivity index (χ4v) is 4.83. The maximum atomic E-state index is 10.5. The molecule has 20 heavy (non-hydrogen) atoms. The van der Waals surface area contributed by atoms with E-state index in [-0.39, 0.29) is 11.0 Å². The largest absolute Gasteiger partial charge is 0.497 e. The van der Waals surface area contributed by atoms with E-state index >= 15 is 0 Å². The van der Waals surface area contributed by atoms with Crippen molar-refractivity contribution in [3.63, 3.8) is 0 Å². The maximum absolute atomic E-state index is 10.5. The van der Waals surface area contributed by atoms with Crippen molar-refractivity contribution in [3.8, 4) is 11.5 Å². The summed E-state index contributed by atoms with van der Waals surface area (Å²) in [5, 5.41) is 10.5. The molecule has 1 aromatic carbocycles. The Hall–Kier alpha value is -0.870. The van der Waals surface area contributed by atoms with Crippen LogP contribution in [0.25, 0.3) is 0 Å².